The molecule has 2 fully saturated rings. The number of aromatic nitrogens is 2. The van der Waals surface area contributed by atoms with Crippen LogP contribution in [0.1, 0.15) is 38.6 Å². The first-order valence-corrected chi connectivity index (χ1v) is 9.85. The highest BCUT2D eigenvalue weighted by atomic mass is 32.1. The van der Waals surface area contributed by atoms with Crippen LogP contribution >= 0.6 is 11.3 Å². The van der Waals surface area contributed by atoms with Crippen molar-refractivity contribution in [2.75, 3.05) is 50.8 Å². The van der Waals surface area contributed by atoms with Crippen molar-refractivity contribution in [3.63, 3.8) is 0 Å². The molecule has 2 aliphatic heterocycles. The molecule has 1 aromatic rings. The van der Waals surface area contributed by atoms with Crippen LogP contribution in [0.3, 0.4) is 0 Å². The van der Waals surface area contributed by atoms with Crippen LogP contribution in [0.25, 0.3) is 0 Å². The van der Waals surface area contributed by atoms with Crippen LogP contribution < -0.4 is 4.90 Å². The highest BCUT2D eigenvalue weighted by Gasteiger charge is 2.49. The van der Waals surface area contributed by atoms with Gasteiger partial charge in [0.05, 0.1) is 18.8 Å². The molecule has 2 saturated heterocycles. The fourth-order valence-corrected chi connectivity index (χ4v) is 4.60. The van der Waals surface area contributed by atoms with Crippen molar-refractivity contribution < 1.29 is 9.84 Å². The Kier molecular flexibility index (Phi) is 5.44. The van der Waals surface area contributed by atoms with Gasteiger partial charge in [-0.3, -0.25) is 4.90 Å². The van der Waals surface area contributed by atoms with E-state index >= 15 is 0 Å². The molecule has 0 aromatic carbocycles. The van der Waals surface area contributed by atoms with Gasteiger partial charge < -0.3 is 14.7 Å². The minimum atomic E-state index is -0.669. The molecule has 24 heavy (non-hydrogen) atoms. The van der Waals surface area contributed by atoms with E-state index in [1.165, 1.54) is 0 Å². The summed E-state index contributed by atoms with van der Waals surface area (Å²) in [6.45, 7) is 12.3. The van der Waals surface area contributed by atoms with Gasteiger partial charge in [0.15, 0.2) is 0 Å². The number of β-amino-alcohol motifs (C(OH)–C–C–N with tert-alkyl or cyclic N) is 1. The molecule has 0 amide bonds. The molecule has 0 saturated carbocycles. The Morgan fingerprint density at radius 3 is 2.62 bits per heavy atom. The number of anilines is 1. The maximum atomic E-state index is 11.4. The number of aryl methyl sites for hydroxylation is 1. The lowest BCUT2D eigenvalue weighted by Crippen LogP contribution is -2.62. The summed E-state index contributed by atoms with van der Waals surface area (Å²) in [4.78, 5) is 4.63. The smallest absolute Gasteiger partial charge is 0.208 e. The average Bonchev–Trinajstić information content (AvgIpc) is 3.00. The summed E-state index contributed by atoms with van der Waals surface area (Å²) in [6.07, 6.45) is 2.86. The first kappa shape index (κ1) is 18.0. The van der Waals surface area contributed by atoms with E-state index in [2.05, 4.69) is 40.8 Å². The van der Waals surface area contributed by atoms with Crippen molar-refractivity contribution in [2.24, 2.45) is 5.41 Å². The van der Waals surface area contributed by atoms with Crippen LogP contribution in [0.2, 0.25) is 0 Å². The fraction of sp³-hybridized carbons (Fsp3) is 0.882. The van der Waals surface area contributed by atoms with E-state index in [1.807, 2.05) is 0 Å². The normalized spacial score (nSPS) is 28.2. The quantitative estimate of drug-likeness (QED) is 0.870. The summed E-state index contributed by atoms with van der Waals surface area (Å²) in [7, 11) is 0. The van der Waals surface area contributed by atoms with Crippen molar-refractivity contribution >= 4 is 16.5 Å². The number of nitrogens with zero attached hydrogens (tertiary/aromatic N) is 4. The van der Waals surface area contributed by atoms with E-state index in [-0.39, 0.29) is 5.41 Å². The molecule has 7 heteroatoms. The Bertz CT molecular complexity index is 544. The molecule has 3 rings (SSSR count). The number of rotatable bonds is 5. The number of aliphatic hydroxyl groups is 1. The number of hydrogen-bond acceptors (Lipinski definition) is 7. The molecule has 0 bridgehead atoms. The van der Waals surface area contributed by atoms with Gasteiger partial charge in [-0.15, -0.1) is 10.2 Å². The zero-order chi connectivity index (χ0) is 17.2. The minimum Gasteiger partial charge on any atom is -0.388 e. The van der Waals surface area contributed by atoms with E-state index in [4.69, 9.17) is 4.74 Å². The van der Waals surface area contributed by atoms with Crippen molar-refractivity contribution in [2.45, 2.75) is 45.6 Å². The Balaban J connectivity index is 1.66. The van der Waals surface area contributed by atoms with E-state index in [0.29, 0.717) is 0 Å². The molecule has 1 atom stereocenters. The molecule has 0 aliphatic carbocycles. The van der Waals surface area contributed by atoms with Crippen LogP contribution in [-0.2, 0) is 11.2 Å². The summed E-state index contributed by atoms with van der Waals surface area (Å²) < 4.78 is 5.43. The SMILES string of the molecule is CCCc1nnc(N2CCC(O)(CN3CCOCC3)C(C)(C)C2)s1. The first-order valence-electron chi connectivity index (χ1n) is 9.03. The third kappa shape index (κ3) is 3.74. The predicted octanol–water partition coefficient (Wildman–Crippen LogP) is 1.79. The average molecular weight is 355 g/mol. The third-order valence-corrected chi connectivity index (χ3v) is 6.46. The standard InChI is InChI=1S/C17H30N4O2S/c1-4-5-14-18-19-15(24-14)21-7-6-17(22,16(2,3)12-21)13-20-8-10-23-11-9-20/h22H,4-13H2,1-3H3. The summed E-state index contributed by atoms with van der Waals surface area (Å²) >= 11 is 1.70. The van der Waals surface area contributed by atoms with Gasteiger partial charge in [-0.25, -0.2) is 0 Å². The van der Waals surface area contributed by atoms with E-state index < -0.39 is 5.60 Å². The second-order valence-corrected chi connectivity index (χ2v) is 8.74. The lowest BCUT2D eigenvalue weighted by molar-refractivity contribution is -0.111. The van der Waals surface area contributed by atoms with E-state index in [1.54, 1.807) is 11.3 Å². The van der Waals surface area contributed by atoms with Gasteiger partial charge in [-0.1, -0.05) is 32.1 Å². The van der Waals surface area contributed by atoms with Crippen molar-refractivity contribution in [3.05, 3.63) is 5.01 Å². The summed E-state index contributed by atoms with van der Waals surface area (Å²) in [5.41, 5.74) is -0.863. The largest absolute Gasteiger partial charge is 0.388 e. The molecule has 0 radical (unpaired) electrons. The molecule has 0 spiro atoms. The van der Waals surface area contributed by atoms with Crippen molar-refractivity contribution in [1.29, 1.82) is 0 Å². The van der Waals surface area contributed by atoms with Crippen LogP contribution in [0, 0.1) is 5.41 Å². The molecular weight excluding hydrogens is 324 g/mol. The summed E-state index contributed by atoms with van der Waals surface area (Å²) in [5.74, 6) is 0. The van der Waals surface area contributed by atoms with Gasteiger partial charge in [0.25, 0.3) is 0 Å². The van der Waals surface area contributed by atoms with Crippen LogP contribution in [0.4, 0.5) is 5.13 Å². The zero-order valence-corrected chi connectivity index (χ0v) is 15.9. The number of hydrogen-bond donors (Lipinski definition) is 1. The Labute approximate surface area is 148 Å². The second kappa shape index (κ2) is 7.23. The third-order valence-electron chi connectivity index (χ3n) is 5.42. The second-order valence-electron chi connectivity index (χ2n) is 7.70. The molecule has 1 aromatic heterocycles. The molecule has 3 heterocycles. The van der Waals surface area contributed by atoms with Crippen molar-refractivity contribution in [3.8, 4) is 0 Å². The van der Waals surface area contributed by atoms with Gasteiger partial charge in [-0.2, -0.15) is 0 Å². The summed E-state index contributed by atoms with van der Waals surface area (Å²) in [6, 6.07) is 0. The van der Waals surface area contributed by atoms with Gasteiger partial charge in [0.1, 0.15) is 5.01 Å². The topological polar surface area (TPSA) is 61.7 Å². The number of morpholine rings is 1. The fourth-order valence-electron chi connectivity index (χ4n) is 3.63. The van der Waals surface area contributed by atoms with Gasteiger partial charge in [0, 0.05) is 44.6 Å². The summed E-state index contributed by atoms with van der Waals surface area (Å²) in [5, 5.41) is 22.1. The lowest BCUT2D eigenvalue weighted by Gasteiger charge is -2.52. The first-order chi connectivity index (χ1) is 11.4. The zero-order valence-electron chi connectivity index (χ0n) is 15.1. The monoisotopic (exact) mass is 354 g/mol. The number of piperidine rings is 1. The molecule has 6 nitrogen and oxygen atoms in total. The highest BCUT2D eigenvalue weighted by molar-refractivity contribution is 7.15. The van der Waals surface area contributed by atoms with E-state index in [9.17, 15) is 5.11 Å². The Morgan fingerprint density at radius 2 is 1.96 bits per heavy atom. The molecule has 1 N–H and O–H groups in total. The Morgan fingerprint density at radius 1 is 1.21 bits per heavy atom. The molecule has 2 aliphatic rings. The van der Waals surface area contributed by atoms with Crippen LogP contribution in [0.15, 0.2) is 0 Å². The van der Waals surface area contributed by atoms with Gasteiger partial charge in [-0.05, 0) is 12.8 Å². The maximum Gasteiger partial charge on any atom is 0.208 e. The van der Waals surface area contributed by atoms with Crippen LogP contribution in [-0.4, -0.2) is 71.7 Å². The van der Waals surface area contributed by atoms with Crippen molar-refractivity contribution in [1.82, 2.24) is 15.1 Å². The minimum absolute atomic E-state index is 0.194. The molecular formula is C17H30N4O2S. The molecule has 136 valence electrons. The van der Waals surface area contributed by atoms with Gasteiger partial charge >= 0.3 is 0 Å². The predicted molar refractivity (Wildman–Crippen MR) is 96.7 cm³/mol. The van der Waals surface area contributed by atoms with Crippen LogP contribution in [0.5, 0.6) is 0 Å². The highest BCUT2D eigenvalue weighted by Crippen LogP contribution is 2.41. The van der Waals surface area contributed by atoms with E-state index in [0.717, 1.165) is 75.3 Å². The van der Waals surface area contributed by atoms with Gasteiger partial charge in [0.2, 0.25) is 5.13 Å². The number of ether oxygens (including phenoxy) is 1. The molecule has 1 unspecified atom stereocenters. The maximum absolute atomic E-state index is 11.4. The lowest BCUT2D eigenvalue weighted by atomic mass is 9.69. The Hall–Kier alpha value is -0.760.